The van der Waals surface area contributed by atoms with Crippen LogP contribution in [-0.4, -0.2) is 5.38 Å². The molecule has 4 aromatic rings. The van der Waals surface area contributed by atoms with Crippen molar-refractivity contribution in [2.45, 2.75) is 63.3 Å². The van der Waals surface area contributed by atoms with Crippen LogP contribution in [0.1, 0.15) is 58.2 Å². The van der Waals surface area contributed by atoms with E-state index in [-0.39, 0.29) is 10.8 Å². The number of anilines is 3. The fraction of sp³-hybridized carbons (Fsp3) is 0.263. The van der Waals surface area contributed by atoms with Crippen LogP contribution in [0.15, 0.2) is 133 Å². The molecular weight excluding hydrogens is 520 g/mol. The minimum Gasteiger partial charge on any atom is -0.371 e. The summed E-state index contributed by atoms with van der Waals surface area (Å²) in [6.07, 6.45) is 6.50. The molecule has 3 heteroatoms. The van der Waals surface area contributed by atoms with Gasteiger partial charge >= 0.3 is 0 Å². The molecule has 1 N–H and O–H groups in total. The Morgan fingerprint density at radius 3 is 1.56 bits per heavy atom. The van der Waals surface area contributed by atoms with Crippen molar-refractivity contribution in [3.63, 3.8) is 0 Å². The lowest BCUT2D eigenvalue weighted by molar-refractivity contribution is 0.581. The van der Waals surface area contributed by atoms with Gasteiger partial charge in [0, 0.05) is 22.8 Å². The number of benzene rings is 4. The molecule has 0 saturated carbocycles. The maximum atomic E-state index is 7.69. The molecule has 2 atom stereocenters. The number of allylic oxidation sites excluding steroid dienone is 2. The molecule has 2 unspecified atom stereocenters. The third kappa shape index (κ3) is 5.99. The molecule has 1 aliphatic carbocycles. The van der Waals surface area contributed by atoms with E-state index in [1.165, 1.54) is 11.1 Å². The molecule has 0 amide bonds. The Morgan fingerprint density at radius 1 is 0.634 bits per heavy atom. The average Bonchev–Trinajstić information content (AvgIpc) is 2.96. The third-order valence-corrected chi connectivity index (χ3v) is 8.47. The van der Waals surface area contributed by atoms with Crippen LogP contribution in [0.3, 0.4) is 0 Å². The number of nitrogens with one attached hydrogen (secondary N) is 1. The zero-order chi connectivity index (χ0) is 29.3. The topological polar surface area (TPSA) is 15.3 Å². The highest BCUT2D eigenvalue weighted by Crippen LogP contribution is 2.45. The molecule has 0 saturated heterocycles. The molecule has 2 nitrogen and oxygen atoms in total. The maximum Gasteiger partial charge on any atom is 0.105 e. The molecule has 4 aromatic carbocycles. The molecular formula is C38H41ClN2. The van der Waals surface area contributed by atoms with Crippen molar-refractivity contribution in [2.75, 3.05) is 10.2 Å². The summed E-state index contributed by atoms with van der Waals surface area (Å²) in [4.78, 5) is 2.27. The van der Waals surface area contributed by atoms with E-state index in [4.69, 9.17) is 11.6 Å². The SMILES string of the molecule is CC(C)(C)c1ccc(NC2(c3ccc(C(C)(C)C)cc3)C=CC=C(N(c3ccccc3)c3ccccc3)C2Cl)cc1. The van der Waals surface area contributed by atoms with E-state index in [9.17, 15) is 0 Å². The highest BCUT2D eigenvalue weighted by Gasteiger charge is 2.43. The van der Waals surface area contributed by atoms with Gasteiger partial charge < -0.3 is 10.2 Å². The fourth-order valence-corrected chi connectivity index (χ4v) is 5.87. The van der Waals surface area contributed by atoms with Gasteiger partial charge in [-0.2, -0.15) is 0 Å². The summed E-state index contributed by atoms with van der Waals surface area (Å²) in [5.41, 5.74) is 7.34. The largest absolute Gasteiger partial charge is 0.371 e. The summed E-state index contributed by atoms with van der Waals surface area (Å²) in [7, 11) is 0. The summed E-state index contributed by atoms with van der Waals surface area (Å²) >= 11 is 7.69. The second-order valence-corrected chi connectivity index (χ2v) is 13.4. The molecule has 0 aromatic heterocycles. The van der Waals surface area contributed by atoms with Crippen LogP contribution in [0.4, 0.5) is 17.1 Å². The van der Waals surface area contributed by atoms with Crippen LogP contribution in [0, 0.1) is 0 Å². The smallest absolute Gasteiger partial charge is 0.105 e. The van der Waals surface area contributed by atoms with Crippen molar-refractivity contribution in [2.24, 2.45) is 0 Å². The molecule has 0 bridgehead atoms. The fourth-order valence-electron chi connectivity index (χ4n) is 5.45. The van der Waals surface area contributed by atoms with Crippen LogP contribution >= 0.6 is 11.6 Å². The third-order valence-electron chi connectivity index (χ3n) is 7.90. The zero-order valence-corrected chi connectivity index (χ0v) is 25.8. The molecule has 0 fully saturated rings. The first-order chi connectivity index (χ1) is 19.5. The van der Waals surface area contributed by atoms with Crippen molar-refractivity contribution < 1.29 is 0 Å². The van der Waals surface area contributed by atoms with Crippen LogP contribution < -0.4 is 10.2 Å². The van der Waals surface area contributed by atoms with E-state index in [0.717, 1.165) is 28.3 Å². The second-order valence-electron chi connectivity index (χ2n) is 13.0. The second kappa shape index (κ2) is 11.3. The molecule has 5 rings (SSSR count). The normalized spacial score (nSPS) is 19.0. The summed E-state index contributed by atoms with van der Waals surface area (Å²) in [6, 6.07) is 38.6. The van der Waals surface area contributed by atoms with Gasteiger partial charge in [0.05, 0.1) is 0 Å². The number of hydrogen-bond acceptors (Lipinski definition) is 2. The van der Waals surface area contributed by atoms with Gasteiger partial charge in [0.25, 0.3) is 0 Å². The summed E-state index contributed by atoms with van der Waals surface area (Å²) in [5.74, 6) is 0. The van der Waals surface area contributed by atoms with Gasteiger partial charge in [-0.05, 0) is 70.0 Å². The lowest BCUT2D eigenvalue weighted by Gasteiger charge is -2.43. The molecule has 0 heterocycles. The Labute approximate surface area is 251 Å². The summed E-state index contributed by atoms with van der Waals surface area (Å²) in [5, 5.41) is 3.48. The van der Waals surface area contributed by atoms with Gasteiger partial charge in [0.2, 0.25) is 0 Å². The standard InChI is InChI=1S/C38H41ClN2/c1-36(2,3)28-19-21-30(22-20-28)38(40-31-25-23-29(24-26-31)37(4,5)6)27-13-18-34(35(38)39)41(32-14-9-7-10-15-32)33-16-11-8-12-17-33/h7-27,35,40H,1-6H3. The highest BCUT2D eigenvalue weighted by molar-refractivity contribution is 6.24. The molecule has 1 aliphatic rings. The number of halogens is 1. The van der Waals surface area contributed by atoms with Gasteiger partial charge in [0.1, 0.15) is 10.9 Å². The van der Waals surface area contributed by atoms with Crippen molar-refractivity contribution in [1.82, 2.24) is 0 Å². The van der Waals surface area contributed by atoms with Crippen molar-refractivity contribution in [1.29, 1.82) is 0 Å². The first-order valence-electron chi connectivity index (χ1n) is 14.4. The average molecular weight is 561 g/mol. The van der Waals surface area contributed by atoms with Gasteiger partial charge in [-0.1, -0.05) is 126 Å². The summed E-state index contributed by atoms with van der Waals surface area (Å²) < 4.78 is 0. The number of rotatable bonds is 6. The predicted molar refractivity (Wildman–Crippen MR) is 177 cm³/mol. The monoisotopic (exact) mass is 560 g/mol. The number of nitrogens with zero attached hydrogens (tertiary/aromatic N) is 1. The van der Waals surface area contributed by atoms with Gasteiger partial charge in [-0.3, -0.25) is 0 Å². The van der Waals surface area contributed by atoms with Gasteiger partial charge in [-0.15, -0.1) is 11.6 Å². The number of para-hydroxylation sites is 2. The quantitative estimate of drug-likeness (QED) is 0.236. The van der Waals surface area contributed by atoms with E-state index < -0.39 is 10.9 Å². The van der Waals surface area contributed by atoms with Crippen LogP contribution in [0.2, 0.25) is 0 Å². The Bertz CT molecular complexity index is 1470. The van der Waals surface area contributed by atoms with E-state index in [1.807, 2.05) is 12.1 Å². The number of hydrogen-bond donors (Lipinski definition) is 1. The Balaban J connectivity index is 1.63. The molecule has 210 valence electrons. The Hall–Kier alpha value is -3.75. The first-order valence-corrected chi connectivity index (χ1v) is 14.9. The summed E-state index contributed by atoms with van der Waals surface area (Å²) in [6.45, 7) is 13.5. The highest BCUT2D eigenvalue weighted by atomic mass is 35.5. The van der Waals surface area contributed by atoms with Crippen LogP contribution in [0.5, 0.6) is 0 Å². The maximum absolute atomic E-state index is 7.69. The lowest BCUT2D eigenvalue weighted by atomic mass is 9.79. The number of alkyl halides is 1. The molecule has 0 spiro atoms. The van der Waals surface area contributed by atoms with Crippen molar-refractivity contribution in [3.8, 4) is 0 Å². The first kappa shape index (κ1) is 28.8. The molecule has 0 radical (unpaired) electrons. The van der Waals surface area contributed by atoms with E-state index in [2.05, 4.69) is 167 Å². The minimum atomic E-state index is -0.687. The zero-order valence-electron chi connectivity index (χ0n) is 25.0. The van der Waals surface area contributed by atoms with E-state index in [1.54, 1.807) is 0 Å². The van der Waals surface area contributed by atoms with Crippen molar-refractivity contribution >= 4 is 28.7 Å². The van der Waals surface area contributed by atoms with Crippen LogP contribution in [0.25, 0.3) is 0 Å². The van der Waals surface area contributed by atoms with Crippen molar-refractivity contribution in [3.05, 3.63) is 150 Å². The Kier molecular flexibility index (Phi) is 7.90. The Morgan fingerprint density at radius 2 is 1.10 bits per heavy atom. The molecule has 41 heavy (non-hydrogen) atoms. The van der Waals surface area contributed by atoms with E-state index >= 15 is 0 Å². The van der Waals surface area contributed by atoms with Gasteiger partial charge in [0.15, 0.2) is 0 Å². The lowest BCUT2D eigenvalue weighted by Crippen LogP contribution is -2.47. The van der Waals surface area contributed by atoms with Gasteiger partial charge in [-0.25, -0.2) is 0 Å². The molecule has 0 aliphatic heterocycles. The minimum absolute atomic E-state index is 0.0627. The van der Waals surface area contributed by atoms with Crippen LogP contribution in [-0.2, 0) is 16.4 Å². The predicted octanol–water partition coefficient (Wildman–Crippen LogP) is 10.5. The van der Waals surface area contributed by atoms with E-state index in [0.29, 0.717) is 0 Å².